The van der Waals surface area contributed by atoms with Crippen molar-refractivity contribution in [3.8, 4) is 5.75 Å². The van der Waals surface area contributed by atoms with Crippen LogP contribution in [0.3, 0.4) is 0 Å². The van der Waals surface area contributed by atoms with Gasteiger partial charge < -0.3 is 10.5 Å². The van der Waals surface area contributed by atoms with Crippen LogP contribution in [0.5, 0.6) is 5.75 Å². The number of ether oxygens (including phenoxy) is 1. The molecule has 2 N–H and O–H groups in total. The van der Waals surface area contributed by atoms with E-state index in [1.807, 2.05) is 42.9 Å². The lowest BCUT2D eigenvalue weighted by atomic mass is 10.1. The molecule has 0 aliphatic carbocycles. The molecule has 0 amide bonds. The minimum Gasteiger partial charge on any atom is -0.487 e. The van der Waals surface area contributed by atoms with Crippen LogP contribution in [0.15, 0.2) is 28.7 Å². The molecule has 6 heteroatoms. The number of nitrogens with zero attached hydrogens (tertiary/aromatic N) is 2. The van der Waals surface area contributed by atoms with Crippen molar-refractivity contribution in [3.05, 3.63) is 45.7 Å². The standard InChI is InChI=1S/C14H16BrN3OS/c1-9-14(15)12(18(2)17-9)8-19-11-5-3-10(4-6-11)7-13(16)20/h3-6H,7-8H2,1-2H3,(H2,16,20). The summed E-state index contributed by atoms with van der Waals surface area (Å²) in [6, 6.07) is 7.78. The Morgan fingerprint density at radius 3 is 2.55 bits per heavy atom. The molecular weight excluding hydrogens is 338 g/mol. The van der Waals surface area contributed by atoms with Crippen molar-refractivity contribution in [2.24, 2.45) is 12.8 Å². The smallest absolute Gasteiger partial charge is 0.131 e. The molecule has 20 heavy (non-hydrogen) atoms. The molecule has 0 saturated heterocycles. The van der Waals surface area contributed by atoms with E-state index in [0.717, 1.165) is 27.2 Å². The van der Waals surface area contributed by atoms with Crippen molar-refractivity contribution in [1.29, 1.82) is 0 Å². The Labute approximate surface area is 132 Å². The fourth-order valence-corrected chi connectivity index (χ4v) is 2.51. The summed E-state index contributed by atoms with van der Waals surface area (Å²) in [5.74, 6) is 0.808. The van der Waals surface area contributed by atoms with Crippen LogP contribution in [0.4, 0.5) is 0 Å². The topological polar surface area (TPSA) is 53.1 Å². The van der Waals surface area contributed by atoms with Crippen LogP contribution in [0.25, 0.3) is 0 Å². The number of hydrogen-bond acceptors (Lipinski definition) is 3. The van der Waals surface area contributed by atoms with E-state index in [2.05, 4.69) is 21.0 Å². The van der Waals surface area contributed by atoms with E-state index < -0.39 is 0 Å². The fourth-order valence-electron chi connectivity index (χ4n) is 1.89. The number of aryl methyl sites for hydroxylation is 2. The van der Waals surface area contributed by atoms with E-state index in [-0.39, 0.29) is 0 Å². The van der Waals surface area contributed by atoms with E-state index in [0.29, 0.717) is 18.0 Å². The van der Waals surface area contributed by atoms with Crippen LogP contribution in [-0.2, 0) is 20.1 Å². The second-order valence-electron chi connectivity index (χ2n) is 4.55. The first-order valence-electron chi connectivity index (χ1n) is 6.15. The summed E-state index contributed by atoms with van der Waals surface area (Å²) in [6.45, 7) is 2.42. The van der Waals surface area contributed by atoms with Crippen molar-refractivity contribution in [2.45, 2.75) is 20.0 Å². The van der Waals surface area contributed by atoms with Gasteiger partial charge >= 0.3 is 0 Å². The molecule has 0 spiro atoms. The maximum absolute atomic E-state index is 5.77. The van der Waals surface area contributed by atoms with Gasteiger partial charge in [-0.05, 0) is 40.5 Å². The van der Waals surface area contributed by atoms with E-state index in [4.69, 9.17) is 22.7 Å². The van der Waals surface area contributed by atoms with Gasteiger partial charge in [0.2, 0.25) is 0 Å². The van der Waals surface area contributed by atoms with Crippen molar-refractivity contribution >= 4 is 33.1 Å². The van der Waals surface area contributed by atoms with E-state index in [9.17, 15) is 0 Å². The molecule has 0 radical (unpaired) electrons. The highest BCUT2D eigenvalue weighted by Crippen LogP contribution is 2.22. The summed E-state index contributed by atoms with van der Waals surface area (Å²) in [7, 11) is 1.90. The first-order chi connectivity index (χ1) is 9.47. The molecule has 4 nitrogen and oxygen atoms in total. The summed E-state index contributed by atoms with van der Waals surface area (Å²) in [5, 5.41) is 4.33. The van der Waals surface area contributed by atoms with Gasteiger partial charge in [-0.25, -0.2) is 0 Å². The van der Waals surface area contributed by atoms with Crippen LogP contribution >= 0.6 is 28.1 Å². The van der Waals surface area contributed by atoms with Crippen LogP contribution in [0, 0.1) is 6.92 Å². The third-order valence-corrected chi connectivity index (χ3v) is 4.11. The van der Waals surface area contributed by atoms with Crippen molar-refractivity contribution in [1.82, 2.24) is 9.78 Å². The lowest BCUT2D eigenvalue weighted by molar-refractivity contribution is 0.294. The largest absolute Gasteiger partial charge is 0.487 e. The zero-order valence-corrected chi connectivity index (χ0v) is 13.8. The normalized spacial score (nSPS) is 10.6. The van der Waals surface area contributed by atoms with E-state index in [1.54, 1.807) is 0 Å². The average Bonchev–Trinajstić information content (AvgIpc) is 2.62. The zero-order chi connectivity index (χ0) is 14.7. The van der Waals surface area contributed by atoms with Gasteiger partial charge in [-0.15, -0.1) is 0 Å². The third-order valence-electron chi connectivity index (χ3n) is 2.94. The molecule has 0 unspecified atom stereocenters. The highest BCUT2D eigenvalue weighted by Gasteiger charge is 2.11. The molecule has 0 atom stereocenters. The first-order valence-corrected chi connectivity index (χ1v) is 7.35. The molecule has 1 aromatic heterocycles. The highest BCUT2D eigenvalue weighted by molar-refractivity contribution is 9.10. The highest BCUT2D eigenvalue weighted by atomic mass is 79.9. The molecule has 0 aliphatic rings. The Hall–Kier alpha value is -1.40. The minimum absolute atomic E-state index is 0.465. The molecule has 0 fully saturated rings. The quantitative estimate of drug-likeness (QED) is 0.839. The number of rotatable bonds is 5. The summed E-state index contributed by atoms with van der Waals surface area (Å²) in [4.78, 5) is 0.493. The number of nitrogens with two attached hydrogens (primary N) is 1. The molecular formula is C14H16BrN3OS. The number of aromatic nitrogens is 2. The van der Waals surface area contributed by atoms with Gasteiger partial charge in [-0.2, -0.15) is 5.10 Å². The third kappa shape index (κ3) is 3.58. The van der Waals surface area contributed by atoms with Crippen molar-refractivity contribution < 1.29 is 4.74 Å². The lowest BCUT2D eigenvalue weighted by Gasteiger charge is -2.08. The molecule has 0 aliphatic heterocycles. The van der Waals surface area contributed by atoms with Crippen LogP contribution < -0.4 is 10.5 Å². The summed E-state index contributed by atoms with van der Waals surface area (Å²) < 4.78 is 8.58. The van der Waals surface area contributed by atoms with Crippen molar-refractivity contribution in [2.75, 3.05) is 0 Å². The first kappa shape index (κ1) is 15.0. The maximum Gasteiger partial charge on any atom is 0.131 e. The van der Waals surface area contributed by atoms with Gasteiger partial charge in [0.25, 0.3) is 0 Å². The molecule has 0 saturated carbocycles. The monoisotopic (exact) mass is 353 g/mol. The summed E-state index contributed by atoms with van der Waals surface area (Å²) in [5.41, 5.74) is 8.57. The van der Waals surface area contributed by atoms with Gasteiger partial charge in [0, 0.05) is 13.5 Å². The number of hydrogen-bond donors (Lipinski definition) is 1. The Balaban J connectivity index is 2.02. The molecule has 2 rings (SSSR count). The van der Waals surface area contributed by atoms with Gasteiger partial charge in [-0.1, -0.05) is 24.4 Å². The second kappa shape index (κ2) is 6.37. The maximum atomic E-state index is 5.77. The van der Waals surface area contributed by atoms with E-state index >= 15 is 0 Å². The Morgan fingerprint density at radius 2 is 2.05 bits per heavy atom. The molecule has 106 valence electrons. The molecule has 1 heterocycles. The number of halogens is 1. The molecule has 1 aromatic carbocycles. The molecule has 0 bridgehead atoms. The fraction of sp³-hybridized carbons (Fsp3) is 0.286. The average molecular weight is 354 g/mol. The SMILES string of the molecule is Cc1nn(C)c(COc2ccc(CC(N)=S)cc2)c1Br. The van der Waals surface area contributed by atoms with Gasteiger partial charge in [0.15, 0.2) is 0 Å². The Bertz CT molecular complexity index is 622. The van der Waals surface area contributed by atoms with E-state index in [1.165, 1.54) is 0 Å². The predicted molar refractivity (Wildman–Crippen MR) is 86.9 cm³/mol. The van der Waals surface area contributed by atoms with Gasteiger partial charge in [0.1, 0.15) is 12.4 Å². The summed E-state index contributed by atoms with van der Waals surface area (Å²) >= 11 is 8.41. The Kier molecular flexibility index (Phi) is 4.77. The zero-order valence-electron chi connectivity index (χ0n) is 11.4. The molecule has 2 aromatic rings. The van der Waals surface area contributed by atoms with Crippen LogP contribution in [0.1, 0.15) is 17.0 Å². The predicted octanol–water partition coefficient (Wildman–Crippen LogP) is 2.90. The minimum atomic E-state index is 0.465. The van der Waals surface area contributed by atoms with Crippen molar-refractivity contribution in [3.63, 3.8) is 0 Å². The lowest BCUT2D eigenvalue weighted by Crippen LogP contribution is -2.10. The second-order valence-corrected chi connectivity index (χ2v) is 5.86. The van der Waals surface area contributed by atoms with Gasteiger partial charge in [0.05, 0.1) is 20.8 Å². The van der Waals surface area contributed by atoms with Crippen LogP contribution in [-0.4, -0.2) is 14.8 Å². The number of benzene rings is 1. The summed E-state index contributed by atoms with van der Waals surface area (Å²) in [6.07, 6.45) is 0.613. The van der Waals surface area contributed by atoms with Crippen LogP contribution in [0.2, 0.25) is 0 Å². The number of thiocarbonyl (C=S) groups is 1. The Morgan fingerprint density at radius 1 is 1.40 bits per heavy atom. The van der Waals surface area contributed by atoms with Gasteiger partial charge in [-0.3, -0.25) is 4.68 Å².